The highest BCUT2D eigenvalue weighted by Gasteiger charge is 2.25. The smallest absolute Gasteiger partial charge is 0.245 e. The van der Waals surface area contributed by atoms with Crippen LogP contribution in [-0.2, 0) is 14.8 Å². The molecule has 1 rings (SSSR count). The van der Waals surface area contributed by atoms with E-state index in [4.69, 9.17) is 10.5 Å². The Morgan fingerprint density at radius 3 is 2.61 bits per heavy atom. The SMILES string of the molecule is COCCN(C)S(=O)(=O)c1cc(N)cc(C)c1F. The van der Waals surface area contributed by atoms with Crippen molar-refractivity contribution in [3.63, 3.8) is 0 Å². The standard InChI is InChI=1S/C11H17FN2O3S/c1-8-6-9(13)7-10(11(8)12)18(15,16)14(2)4-5-17-3/h6-7H,4-5,13H2,1-3H3. The van der Waals surface area contributed by atoms with E-state index >= 15 is 0 Å². The third-order valence-corrected chi connectivity index (χ3v) is 4.40. The molecule has 7 heteroatoms. The maximum absolute atomic E-state index is 13.9. The van der Waals surface area contributed by atoms with Crippen molar-refractivity contribution in [1.29, 1.82) is 0 Å². The van der Waals surface area contributed by atoms with Crippen LogP contribution in [0, 0.1) is 12.7 Å². The Bertz CT molecular complexity index is 531. The minimum absolute atomic E-state index is 0.145. The second-order valence-electron chi connectivity index (χ2n) is 3.97. The van der Waals surface area contributed by atoms with Crippen LogP contribution in [0.2, 0.25) is 0 Å². The van der Waals surface area contributed by atoms with Crippen molar-refractivity contribution in [3.05, 3.63) is 23.5 Å². The summed E-state index contributed by atoms with van der Waals surface area (Å²) in [5, 5.41) is 0. The van der Waals surface area contributed by atoms with E-state index in [9.17, 15) is 12.8 Å². The highest BCUT2D eigenvalue weighted by atomic mass is 32.2. The number of nitrogens with two attached hydrogens (primary N) is 1. The van der Waals surface area contributed by atoms with Crippen molar-refractivity contribution in [2.24, 2.45) is 0 Å². The molecule has 102 valence electrons. The molecule has 1 aromatic rings. The van der Waals surface area contributed by atoms with Crippen molar-refractivity contribution in [1.82, 2.24) is 4.31 Å². The highest BCUT2D eigenvalue weighted by Crippen LogP contribution is 2.23. The van der Waals surface area contributed by atoms with E-state index < -0.39 is 20.7 Å². The molecule has 0 amide bonds. The number of hydrogen-bond acceptors (Lipinski definition) is 4. The largest absolute Gasteiger partial charge is 0.399 e. The first-order chi connectivity index (χ1) is 8.30. The van der Waals surface area contributed by atoms with Crippen LogP contribution in [0.1, 0.15) is 5.56 Å². The first-order valence-corrected chi connectivity index (χ1v) is 6.75. The van der Waals surface area contributed by atoms with E-state index in [0.29, 0.717) is 0 Å². The van der Waals surface area contributed by atoms with Gasteiger partial charge >= 0.3 is 0 Å². The van der Waals surface area contributed by atoms with Crippen LogP contribution in [0.3, 0.4) is 0 Å². The molecule has 0 unspecified atom stereocenters. The van der Waals surface area contributed by atoms with E-state index in [2.05, 4.69) is 0 Å². The van der Waals surface area contributed by atoms with E-state index in [1.807, 2.05) is 0 Å². The van der Waals surface area contributed by atoms with E-state index in [1.54, 1.807) is 0 Å². The van der Waals surface area contributed by atoms with Crippen molar-refractivity contribution in [2.75, 3.05) is 33.0 Å². The quantitative estimate of drug-likeness (QED) is 0.814. The molecule has 0 aliphatic rings. The number of aryl methyl sites for hydroxylation is 1. The van der Waals surface area contributed by atoms with Crippen LogP contribution in [0.4, 0.5) is 10.1 Å². The van der Waals surface area contributed by atoms with Crippen LogP contribution >= 0.6 is 0 Å². The lowest BCUT2D eigenvalue weighted by Crippen LogP contribution is -2.31. The molecular formula is C11H17FN2O3S. The molecule has 0 heterocycles. The molecule has 0 radical (unpaired) electrons. The molecule has 1 aromatic carbocycles. The summed E-state index contributed by atoms with van der Waals surface area (Å²) in [5.41, 5.74) is 5.97. The molecule has 0 saturated heterocycles. The zero-order valence-corrected chi connectivity index (χ0v) is 11.4. The van der Waals surface area contributed by atoms with Gasteiger partial charge in [0.15, 0.2) is 0 Å². The van der Waals surface area contributed by atoms with Crippen LogP contribution < -0.4 is 5.73 Å². The van der Waals surface area contributed by atoms with Crippen molar-refractivity contribution < 1.29 is 17.5 Å². The Kier molecular flexibility index (Phi) is 4.66. The fraction of sp³-hybridized carbons (Fsp3) is 0.455. The molecule has 0 aromatic heterocycles. The van der Waals surface area contributed by atoms with Crippen molar-refractivity contribution in [2.45, 2.75) is 11.8 Å². The first kappa shape index (κ1) is 14.9. The molecule has 0 fully saturated rings. The maximum atomic E-state index is 13.9. The number of halogens is 1. The first-order valence-electron chi connectivity index (χ1n) is 5.31. The number of sulfonamides is 1. The third-order valence-electron chi connectivity index (χ3n) is 2.54. The van der Waals surface area contributed by atoms with Gasteiger partial charge in [-0.3, -0.25) is 0 Å². The molecule has 0 spiro atoms. The molecule has 5 nitrogen and oxygen atoms in total. The van der Waals surface area contributed by atoms with Crippen molar-refractivity contribution >= 4 is 15.7 Å². The minimum Gasteiger partial charge on any atom is -0.399 e. The number of anilines is 1. The molecule has 0 aliphatic heterocycles. The summed E-state index contributed by atoms with van der Waals surface area (Å²) in [6.07, 6.45) is 0. The summed E-state index contributed by atoms with van der Waals surface area (Å²) in [6, 6.07) is 2.52. The van der Waals surface area contributed by atoms with Gasteiger partial charge in [-0.05, 0) is 24.6 Å². The molecule has 18 heavy (non-hydrogen) atoms. The van der Waals surface area contributed by atoms with Gasteiger partial charge in [-0.2, -0.15) is 4.31 Å². The predicted molar refractivity (Wildman–Crippen MR) is 67.2 cm³/mol. The second-order valence-corrected chi connectivity index (χ2v) is 5.98. The molecular weight excluding hydrogens is 259 g/mol. The number of likely N-dealkylation sites (N-methyl/N-ethyl adjacent to an activating group) is 1. The zero-order chi connectivity index (χ0) is 13.9. The molecule has 0 aliphatic carbocycles. The minimum atomic E-state index is -3.89. The van der Waals surface area contributed by atoms with E-state index in [-0.39, 0.29) is 24.4 Å². The van der Waals surface area contributed by atoms with Crippen LogP contribution in [0.15, 0.2) is 17.0 Å². The second kappa shape index (κ2) is 5.64. The van der Waals surface area contributed by atoms with Crippen LogP contribution in [0.5, 0.6) is 0 Å². The van der Waals surface area contributed by atoms with Gasteiger partial charge in [0, 0.05) is 26.4 Å². The Morgan fingerprint density at radius 1 is 1.44 bits per heavy atom. The predicted octanol–water partition coefficient (Wildman–Crippen LogP) is 0.983. The van der Waals surface area contributed by atoms with Crippen molar-refractivity contribution in [3.8, 4) is 0 Å². The van der Waals surface area contributed by atoms with Gasteiger partial charge in [-0.15, -0.1) is 0 Å². The summed E-state index contributed by atoms with van der Waals surface area (Å²) in [7, 11) is -1.06. The van der Waals surface area contributed by atoms with Crippen LogP contribution in [0.25, 0.3) is 0 Å². The fourth-order valence-electron chi connectivity index (χ4n) is 1.46. The Hall–Kier alpha value is -1.18. The summed E-state index contributed by atoms with van der Waals surface area (Å²) >= 11 is 0. The lowest BCUT2D eigenvalue weighted by atomic mass is 10.2. The average molecular weight is 276 g/mol. The maximum Gasteiger partial charge on any atom is 0.245 e. The summed E-state index contributed by atoms with van der Waals surface area (Å²) in [6.45, 7) is 1.85. The normalized spacial score (nSPS) is 12.1. The monoisotopic (exact) mass is 276 g/mol. The van der Waals surface area contributed by atoms with Gasteiger partial charge in [-0.1, -0.05) is 0 Å². The molecule has 2 N–H and O–H groups in total. The Labute approximate surface area is 106 Å². The Morgan fingerprint density at radius 2 is 2.06 bits per heavy atom. The van der Waals surface area contributed by atoms with Gasteiger partial charge in [0.1, 0.15) is 10.7 Å². The highest BCUT2D eigenvalue weighted by molar-refractivity contribution is 7.89. The number of rotatable bonds is 5. The lowest BCUT2D eigenvalue weighted by Gasteiger charge is -2.18. The molecule has 0 atom stereocenters. The number of hydrogen-bond donors (Lipinski definition) is 1. The average Bonchev–Trinajstić information content (AvgIpc) is 2.30. The number of nitrogens with zero attached hydrogens (tertiary/aromatic N) is 1. The molecule has 0 bridgehead atoms. The van der Waals surface area contributed by atoms with Gasteiger partial charge < -0.3 is 10.5 Å². The number of nitrogen functional groups attached to an aromatic ring is 1. The summed E-state index contributed by atoms with van der Waals surface area (Å²) in [5.74, 6) is -0.770. The van der Waals surface area contributed by atoms with Gasteiger partial charge in [0.2, 0.25) is 10.0 Å². The van der Waals surface area contributed by atoms with Gasteiger partial charge in [0.05, 0.1) is 6.61 Å². The number of methoxy groups -OCH3 is 1. The zero-order valence-electron chi connectivity index (χ0n) is 10.6. The van der Waals surface area contributed by atoms with E-state index in [0.717, 1.165) is 10.4 Å². The summed E-state index contributed by atoms with van der Waals surface area (Å²) < 4.78 is 44.0. The van der Waals surface area contributed by atoms with E-state index in [1.165, 1.54) is 27.1 Å². The topological polar surface area (TPSA) is 72.6 Å². The van der Waals surface area contributed by atoms with Crippen LogP contribution in [-0.4, -0.2) is 40.0 Å². The Balaban J connectivity index is 3.20. The fourth-order valence-corrected chi connectivity index (χ4v) is 2.78. The number of benzene rings is 1. The molecule has 0 saturated carbocycles. The lowest BCUT2D eigenvalue weighted by molar-refractivity contribution is 0.185. The van der Waals surface area contributed by atoms with Gasteiger partial charge in [0.25, 0.3) is 0 Å². The van der Waals surface area contributed by atoms with Gasteiger partial charge in [-0.25, -0.2) is 12.8 Å². The third kappa shape index (κ3) is 2.98. The number of ether oxygens (including phenoxy) is 1. The summed E-state index contributed by atoms with van der Waals surface area (Å²) in [4.78, 5) is -0.404.